The molecule has 0 spiro atoms. The molecule has 0 aliphatic heterocycles. The van der Waals surface area contributed by atoms with E-state index in [1.165, 1.54) is 0 Å². The first kappa shape index (κ1) is 28.8. The van der Waals surface area contributed by atoms with Crippen LogP contribution in [0.15, 0.2) is 0 Å². The largest absolute Gasteiger partial charge is 2.00 e. The van der Waals surface area contributed by atoms with Crippen molar-refractivity contribution in [3.63, 3.8) is 0 Å². The van der Waals surface area contributed by atoms with Crippen LogP contribution < -0.4 is 34.0 Å². The van der Waals surface area contributed by atoms with Gasteiger partial charge in [-0.3, -0.25) is 0 Å². The molecule has 0 amide bonds. The SMILES string of the molecule is CO.[Br-].[Br-].[Hg+2]. The van der Waals surface area contributed by atoms with Crippen LogP contribution >= 0.6 is 0 Å². The molecule has 4 heteroatoms. The molecule has 1 nitrogen and oxygen atoms in total. The Kier molecular flexibility index (Phi) is 231. The molecule has 0 fully saturated rings. The molecule has 0 aromatic rings. The second kappa shape index (κ2) is 40.1. The van der Waals surface area contributed by atoms with Crippen LogP contribution in [0.3, 0.4) is 0 Å². The van der Waals surface area contributed by atoms with Crippen molar-refractivity contribution in [2.75, 3.05) is 7.11 Å². The predicted octanol–water partition coefficient (Wildman–Crippen LogP) is -6.39. The van der Waals surface area contributed by atoms with Crippen LogP contribution in [0.1, 0.15) is 0 Å². The van der Waals surface area contributed by atoms with Gasteiger partial charge in [-0.1, -0.05) is 0 Å². The fraction of sp³-hybridized carbons (Fsp3) is 1.00. The average Bonchev–Trinajstić information content (AvgIpc) is 1.00. The summed E-state index contributed by atoms with van der Waals surface area (Å²) in [6.45, 7) is 0. The normalized spacial score (nSPS) is 1.20. The van der Waals surface area contributed by atoms with Gasteiger partial charge in [-0.2, -0.15) is 0 Å². The topological polar surface area (TPSA) is 20.2 Å². The van der Waals surface area contributed by atoms with Crippen LogP contribution in [0.2, 0.25) is 0 Å². The van der Waals surface area contributed by atoms with Gasteiger partial charge >= 0.3 is 27.7 Å². The Morgan fingerprint density at radius 2 is 1.00 bits per heavy atom. The minimum absolute atomic E-state index is 0. The first-order valence-corrected chi connectivity index (χ1v) is 0.447. The molecular weight excluding hydrogens is 388 g/mol. The Labute approximate surface area is 73.2 Å². The maximum Gasteiger partial charge on any atom is 2.00 e. The minimum Gasteiger partial charge on any atom is -1.00 e. The number of hydrogen-bond acceptors (Lipinski definition) is 1. The molecular formula is CH4Br2HgO. The summed E-state index contributed by atoms with van der Waals surface area (Å²) in [6, 6.07) is 0. The zero-order valence-electron chi connectivity index (χ0n) is 2.91. The molecule has 30 valence electrons. The van der Waals surface area contributed by atoms with Crippen LogP contribution in [0.5, 0.6) is 0 Å². The molecule has 0 heterocycles. The zero-order valence-corrected chi connectivity index (χ0v) is 11.6. The molecule has 0 aliphatic rings. The van der Waals surface area contributed by atoms with E-state index < -0.39 is 0 Å². The van der Waals surface area contributed by atoms with Gasteiger partial charge in [0.15, 0.2) is 0 Å². The molecule has 0 aromatic heterocycles. The van der Waals surface area contributed by atoms with Gasteiger partial charge in [-0.25, -0.2) is 0 Å². The molecule has 0 bridgehead atoms. The number of aliphatic hydroxyl groups excluding tert-OH is 1. The first-order valence-electron chi connectivity index (χ1n) is 0.447. The van der Waals surface area contributed by atoms with Gasteiger partial charge < -0.3 is 39.1 Å². The van der Waals surface area contributed by atoms with Gasteiger partial charge in [0.05, 0.1) is 0 Å². The second-order valence-electron chi connectivity index (χ2n) is 0. The smallest absolute Gasteiger partial charge is 1.00 e. The zero-order chi connectivity index (χ0) is 2.00. The monoisotopic (exact) mass is 392 g/mol. The van der Waals surface area contributed by atoms with E-state index in [1.54, 1.807) is 0 Å². The van der Waals surface area contributed by atoms with E-state index in [9.17, 15) is 0 Å². The molecule has 0 aliphatic carbocycles. The Bertz CT molecular complexity index is 9.61. The maximum absolute atomic E-state index is 7.00. The average molecular weight is 392 g/mol. The summed E-state index contributed by atoms with van der Waals surface area (Å²) in [5.41, 5.74) is 0. The molecule has 5 heavy (non-hydrogen) atoms. The van der Waals surface area contributed by atoms with E-state index in [-0.39, 0.29) is 61.6 Å². The Morgan fingerprint density at radius 3 is 1.00 bits per heavy atom. The van der Waals surface area contributed by atoms with Crippen molar-refractivity contribution in [3.05, 3.63) is 0 Å². The second-order valence-corrected chi connectivity index (χ2v) is 0. The van der Waals surface area contributed by atoms with Gasteiger partial charge in [0.2, 0.25) is 0 Å². The fourth-order valence-corrected chi connectivity index (χ4v) is 0. The van der Waals surface area contributed by atoms with Gasteiger partial charge in [-0.15, -0.1) is 0 Å². The molecule has 1 N–H and O–H groups in total. The molecule has 0 radical (unpaired) electrons. The van der Waals surface area contributed by atoms with Crippen LogP contribution in [0.4, 0.5) is 0 Å². The van der Waals surface area contributed by atoms with E-state index in [2.05, 4.69) is 0 Å². The van der Waals surface area contributed by atoms with Crippen molar-refractivity contribution >= 4 is 0 Å². The fourth-order valence-electron chi connectivity index (χ4n) is 0. The van der Waals surface area contributed by atoms with E-state index in [0.29, 0.717) is 0 Å². The summed E-state index contributed by atoms with van der Waals surface area (Å²) in [7, 11) is 1.00. The number of rotatable bonds is 0. The van der Waals surface area contributed by atoms with Crippen LogP contribution in [0, 0.1) is 0 Å². The van der Waals surface area contributed by atoms with Gasteiger partial charge in [0, 0.05) is 7.11 Å². The van der Waals surface area contributed by atoms with E-state index in [1.807, 2.05) is 0 Å². The van der Waals surface area contributed by atoms with Crippen LogP contribution in [0.25, 0.3) is 0 Å². The predicted molar refractivity (Wildman–Crippen MR) is 8.14 cm³/mol. The van der Waals surface area contributed by atoms with Crippen LogP contribution in [-0.4, -0.2) is 12.2 Å². The molecule has 0 saturated heterocycles. The standard InChI is InChI=1S/CH4O.2BrH.Hg/c1-2;;;/h2H,1H3;2*1H;/q;;;+2/p-2. The number of halogens is 2. The third kappa shape index (κ3) is 25.3. The Balaban J connectivity index is -0.00000000167. The third-order valence-corrected chi connectivity index (χ3v) is 0. The van der Waals surface area contributed by atoms with E-state index in [4.69, 9.17) is 5.11 Å². The van der Waals surface area contributed by atoms with Gasteiger partial charge in [0.25, 0.3) is 0 Å². The Morgan fingerprint density at radius 1 is 1.00 bits per heavy atom. The van der Waals surface area contributed by atoms with E-state index >= 15 is 0 Å². The molecule has 0 rings (SSSR count). The van der Waals surface area contributed by atoms with Crippen molar-refractivity contribution in [2.24, 2.45) is 0 Å². The van der Waals surface area contributed by atoms with Crippen LogP contribution in [-0.2, 0) is 27.7 Å². The third-order valence-electron chi connectivity index (χ3n) is 0. The van der Waals surface area contributed by atoms with E-state index in [0.717, 1.165) is 7.11 Å². The molecule has 0 unspecified atom stereocenters. The van der Waals surface area contributed by atoms with Crippen molar-refractivity contribution in [1.82, 2.24) is 0 Å². The quantitative estimate of drug-likeness (QED) is 0.407. The number of hydrogen-bond donors (Lipinski definition) is 1. The van der Waals surface area contributed by atoms with Gasteiger partial charge in [-0.05, 0) is 0 Å². The summed E-state index contributed by atoms with van der Waals surface area (Å²) in [4.78, 5) is 0. The van der Waals surface area contributed by atoms with Crippen molar-refractivity contribution in [2.45, 2.75) is 0 Å². The molecule has 0 atom stereocenters. The van der Waals surface area contributed by atoms with Crippen molar-refractivity contribution in [1.29, 1.82) is 0 Å². The maximum atomic E-state index is 7.00. The first-order chi connectivity index (χ1) is 1.00. The van der Waals surface area contributed by atoms with Gasteiger partial charge in [0.1, 0.15) is 0 Å². The summed E-state index contributed by atoms with van der Waals surface area (Å²) in [5.74, 6) is 0. The summed E-state index contributed by atoms with van der Waals surface area (Å²) < 4.78 is 0. The Hall–Kier alpha value is 1.86. The molecule has 0 aromatic carbocycles. The summed E-state index contributed by atoms with van der Waals surface area (Å²) in [6.07, 6.45) is 0. The summed E-state index contributed by atoms with van der Waals surface area (Å²) in [5, 5.41) is 7.00. The van der Waals surface area contributed by atoms with Crippen molar-refractivity contribution < 1.29 is 66.7 Å². The minimum atomic E-state index is 0. The molecule has 0 saturated carbocycles. The van der Waals surface area contributed by atoms with Crippen molar-refractivity contribution in [3.8, 4) is 0 Å². The number of aliphatic hydroxyl groups is 1. The summed E-state index contributed by atoms with van der Waals surface area (Å²) >= 11 is 0.